The van der Waals surface area contributed by atoms with Crippen molar-refractivity contribution >= 4 is 23.5 Å². The number of thiocarbonyl (C=S) groups is 1. The predicted octanol–water partition coefficient (Wildman–Crippen LogP) is 2.71. The van der Waals surface area contributed by atoms with Gasteiger partial charge in [0, 0.05) is 6.54 Å². The lowest BCUT2D eigenvalue weighted by molar-refractivity contribution is 0.257. The highest BCUT2D eigenvalue weighted by Crippen LogP contribution is 2.27. The van der Waals surface area contributed by atoms with Crippen molar-refractivity contribution in [2.45, 2.75) is 13.8 Å². The van der Waals surface area contributed by atoms with Crippen LogP contribution < -0.4 is 20.2 Å². The molecule has 5 nitrogen and oxygen atoms in total. The van der Waals surface area contributed by atoms with Gasteiger partial charge < -0.3 is 14.8 Å². The van der Waals surface area contributed by atoms with Gasteiger partial charge in [-0.2, -0.15) is 5.10 Å². The summed E-state index contributed by atoms with van der Waals surface area (Å²) in [6.07, 6.45) is 3.38. The van der Waals surface area contributed by atoms with E-state index >= 15 is 0 Å². The average molecular weight is 321 g/mol. The molecule has 0 aliphatic heterocycles. The van der Waals surface area contributed by atoms with Crippen LogP contribution in [0.25, 0.3) is 0 Å². The largest absolute Gasteiger partial charge is 0.493 e. The molecule has 0 radical (unpaired) electrons. The Bertz CT molecular complexity index is 530. The number of hydrazone groups is 1. The summed E-state index contributed by atoms with van der Waals surface area (Å²) in [4.78, 5) is 0. The van der Waals surface area contributed by atoms with Crippen LogP contribution in [0.4, 0.5) is 0 Å². The van der Waals surface area contributed by atoms with Gasteiger partial charge in [0.15, 0.2) is 16.6 Å². The lowest BCUT2D eigenvalue weighted by Crippen LogP contribution is -2.31. The van der Waals surface area contributed by atoms with E-state index in [2.05, 4.69) is 36.3 Å². The third kappa shape index (κ3) is 6.58. The van der Waals surface area contributed by atoms with Crippen LogP contribution in [0.15, 0.2) is 36.0 Å². The summed E-state index contributed by atoms with van der Waals surface area (Å²) in [7, 11) is 1.62. The predicted molar refractivity (Wildman–Crippen MR) is 94.9 cm³/mol. The Labute approximate surface area is 137 Å². The topological polar surface area (TPSA) is 54.9 Å². The molecular formula is C16H23N3O2S. The molecule has 0 aromatic heterocycles. The number of rotatable bonds is 8. The minimum atomic E-state index is 0.444. The first-order valence-electron chi connectivity index (χ1n) is 7.05. The van der Waals surface area contributed by atoms with Crippen LogP contribution in [0.5, 0.6) is 11.5 Å². The van der Waals surface area contributed by atoms with Crippen molar-refractivity contribution in [2.24, 2.45) is 11.0 Å². The summed E-state index contributed by atoms with van der Waals surface area (Å²) in [6, 6.07) is 5.64. The number of ether oxygens (including phenoxy) is 2. The highest BCUT2D eigenvalue weighted by molar-refractivity contribution is 7.80. The molecule has 0 aliphatic rings. The monoisotopic (exact) mass is 321 g/mol. The molecule has 6 heteroatoms. The van der Waals surface area contributed by atoms with Gasteiger partial charge in [-0.15, -0.1) is 6.58 Å². The van der Waals surface area contributed by atoms with E-state index in [0.29, 0.717) is 29.9 Å². The van der Waals surface area contributed by atoms with Gasteiger partial charge >= 0.3 is 0 Å². The fourth-order valence-corrected chi connectivity index (χ4v) is 1.65. The van der Waals surface area contributed by atoms with E-state index < -0.39 is 0 Å². The summed E-state index contributed by atoms with van der Waals surface area (Å²) in [5, 5.41) is 7.43. The van der Waals surface area contributed by atoms with Gasteiger partial charge in [-0.3, -0.25) is 5.43 Å². The molecule has 0 aliphatic carbocycles. The number of hydrogen-bond donors (Lipinski definition) is 2. The van der Waals surface area contributed by atoms with Crippen molar-refractivity contribution in [2.75, 3.05) is 20.3 Å². The molecule has 0 saturated heterocycles. The molecule has 1 aromatic carbocycles. The number of nitrogens with one attached hydrogen (secondary N) is 2. The SMILES string of the molecule is C=CCNC(=S)N/N=C\c1ccc(OCC(C)C)c(OC)c1. The molecule has 1 rings (SSSR count). The Kier molecular flexibility index (Phi) is 7.99. The van der Waals surface area contributed by atoms with E-state index in [4.69, 9.17) is 21.7 Å². The Balaban J connectivity index is 2.64. The zero-order valence-electron chi connectivity index (χ0n) is 13.3. The van der Waals surface area contributed by atoms with Gasteiger partial charge in [0.1, 0.15) is 0 Å². The minimum Gasteiger partial charge on any atom is -0.493 e. The lowest BCUT2D eigenvalue weighted by Gasteiger charge is -2.12. The van der Waals surface area contributed by atoms with Crippen molar-refractivity contribution in [3.63, 3.8) is 0 Å². The summed E-state index contributed by atoms with van der Waals surface area (Å²) in [5.41, 5.74) is 3.61. The zero-order valence-corrected chi connectivity index (χ0v) is 14.1. The van der Waals surface area contributed by atoms with Gasteiger partial charge in [0.2, 0.25) is 0 Å². The van der Waals surface area contributed by atoms with Crippen LogP contribution >= 0.6 is 12.2 Å². The second-order valence-corrected chi connectivity index (χ2v) is 5.39. The molecule has 0 fully saturated rings. The maximum Gasteiger partial charge on any atom is 0.187 e. The number of nitrogens with zero attached hydrogens (tertiary/aromatic N) is 1. The number of methoxy groups -OCH3 is 1. The summed E-state index contributed by atoms with van der Waals surface area (Å²) in [6.45, 7) is 9.04. The molecule has 0 bridgehead atoms. The van der Waals surface area contributed by atoms with Crippen molar-refractivity contribution in [3.8, 4) is 11.5 Å². The highest BCUT2D eigenvalue weighted by Gasteiger charge is 2.06. The van der Waals surface area contributed by atoms with E-state index in [-0.39, 0.29) is 0 Å². The van der Waals surface area contributed by atoms with Crippen LogP contribution in [-0.4, -0.2) is 31.6 Å². The highest BCUT2D eigenvalue weighted by atomic mass is 32.1. The number of benzene rings is 1. The molecule has 0 spiro atoms. The van der Waals surface area contributed by atoms with Crippen LogP contribution in [-0.2, 0) is 0 Å². The minimum absolute atomic E-state index is 0.444. The maximum atomic E-state index is 5.71. The van der Waals surface area contributed by atoms with Crippen LogP contribution in [0.1, 0.15) is 19.4 Å². The maximum absolute atomic E-state index is 5.71. The fourth-order valence-electron chi connectivity index (χ4n) is 1.51. The van der Waals surface area contributed by atoms with Crippen molar-refractivity contribution in [3.05, 3.63) is 36.4 Å². The van der Waals surface area contributed by atoms with Crippen molar-refractivity contribution in [1.29, 1.82) is 0 Å². The first kappa shape index (κ1) is 18.0. The Morgan fingerprint density at radius 3 is 2.82 bits per heavy atom. The first-order chi connectivity index (χ1) is 10.6. The molecule has 0 atom stereocenters. The van der Waals surface area contributed by atoms with Crippen LogP contribution in [0, 0.1) is 5.92 Å². The van der Waals surface area contributed by atoms with E-state index in [1.54, 1.807) is 19.4 Å². The second-order valence-electron chi connectivity index (χ2n) is 4.98. The van der Waals surface area contributed by atoms with Gasteiger partial charge in [-0.1, -0.05) is 19.9 Å². The van der Waals surface area contributed by atoms with Gasteiger partial charge in [-0.25, -0.2) is 0 Å². The van der Waals surface area contributed by atoms with Gasteiger partial charge in [0.05, 0.1) is 19.9 Å². The van der Waals surface area contributed by atoms with E-state index in [1.807, 2.05) is 18.2 Å². The van der Waals surface area contributed by atoms with Gasteiger partial charge in [-0.05, 0) is 41.9 Å². The van der Waals surface area contributed by atoms with E-state index in [0.717, 1.165) is 11.3 Å². The quantitative estimate of drug-likeness (QED) is 0.334. The van der Waals surface area contributed by atoms with Crippen LogP contribution in [0.3, 0.4) is 0 Å². The summed E-state index contributed by atoms with van der Waals surface area (Å²) in [5.74, 6) is 1.86. The van der Waals surface area contributed by atoms with E-state index in [1.165, 1.54) is 0 Å². The molecule has 1 aromatic rings. The third-order valence-electron chi connectivity index (χ3n) is 2.55. The normalized spacial score (nSPS) is 10.5. The molecule has 0 amide bonds. The van der Waals surface area contributed by atoms with Crippen molar-refractivity contribution < 1.29 is 9.47 Å². The molecule has 0 saturated carbocycles. The third-order valence-corrected chi connectivity index (χ3v) is 2.78. The molecule has 0 heterocycles. The van der Waals surface area contributed by atoms with Crippen LogP contribution in [0.2, 0.25) is 0 Å². The first-order valence-corrected chi connectivity index (χ1v) is 7.46. The van der Waals surface area contributed by atoms with E-state index in [9.17, 15) is 0 Å². The summed E-state index contributed by atoms with van der Waals surface area (Å²) >= 11 is 5.03. The lowest BCUT2D eigenvalue weighted by atomic mass is 10.2. The standard InChI is InChI=1S/C16H23N3O2S/c1-5-8-17-16(22)19-18-10-13-6-7-14(15(9-13)20-4)21-11-12(2)3/h5-7,9-10,12H,1,8,11H2,2-4H3,(H2,17,19,22)/b18-10-. The molecule has 2 N–H and O–H groups in total. The Morgan fingerprint density at radius 2 is 2.18 bits per heavy atom. The molecule has 0 unspecified atom stereocenters. The van der Waals surface area contributed by atoms with Gasteiger partial charge in [0.25, 0.3) is 0 Å². The van der Waals surface area contributed by atoms with Crippen molar-refractivity contribution in [1.82, 2.24) is 10.7 Å². The second kappa shape index (κ2) is 9.78. The Hall–Kier alpha value is -2.08. The smallest absolute Gasteiger partial charge is 0.187 e. The fraction of sp³-hybridized carbons (Fsp3) is 0.375. The molecule has 120 valence electrons. The molecular weight excluding hydrogens is 298 g/mol. The average Bonchev–Trinajstić information content (AvgIpc) is 2.51. The Morgan fingerprint density at radius 1 is 1.41 bits per heavy atom. The zero-order chi connectivity index (χ0) is 16.4. The number of hydrogen-bond acceptors (Lipinski definition) is 4. The summed E-state index contributed by atoms with van der Waals surface area (Å²) < 4.78 is 11.0. The molecule has 22 heavy (non-hydrogen) atoms.